The van der Waals surface area contributed by atoms with Gasteiger partial charge in [0.1, 0.15) is 10.8 Å². The number of aromatic amines is 1. The molecule has 1 amide bonds. The number of methoxy groups -OCH3 is 1. The van der Waals surface area contributed by atoms with Gasteiger partial charge in [0.2, 0.25) is 5.78 Å². The minimum atomic E-state index is -0.595. The summed E-state index contributed by atoms with van der Waals surface area (Å²) < 4.78 is 10.6. The van der Waals surface area contributed by atoms with Crippen LogP contribution in [-0.4, -0.2) is 36.4 Å². The fourth-order valence-corrected chi connectivity index (χ4v) is 5.64. The van der Waals surface area contributed by atoms with E-state index in [9.17, 15) is 14.4 Å². The number of rotatable bonds is 7. The van der Waals surface area contributed by atoms with Gasteiger partial charge in [-0.25, -0.2) is 4.79 Å². The summed E-state index contributed by atoms with van der Waals surface area (Å²) in [6.07, 6.45) is 5.23. The van der Waals surface area contributed by atoms with E-state index >= 15 is 0 Å². The number of para-hydroxylation sites is 1. The van der Waals surface area contributed by atoms with Crippen LogP contribution in [0.1, 0.15) is 54.4 Å². The van der Waals surface area contributed by atoms with Gasteiger partial charge in [-0.15, -0.1) is 11.3 Å². The van der Waals surface area contributed by atoms with Crippen LogP contribution in [-0.2, 0) is 17.6 Å². The molecule has 2 heterocycles. The molecule has 0 unspecified atom stereocenters. The molecule has 5 rings (SSSR count). The molecule has 0 fully saturated rings. The van der Waals surface area contributed by atoms with Gasteiger partial charge in [-0.2, -0.15) is 0 Å². The summed E-state index contributed by atoms with van der Waals surface area (Å²) in [5, 5.41) is 4.14. The first-order valence-electron chi connectivity index (χ1n) is 11.4. The van der Waals surface area contributed by atoms with Gasteiger partial charge >= 0.3 is 5.97 Å². The zero-order chi connectivity index (χ0) is 24.4. The molecule has 0 bridgehead atoms. The van der Waals surface area contributed by atoms with E-state index in [1.165, 1.54) is 11.3 Å². The van der Waals surface area contributed by atoms with Crippen molar-refractivity contribution in [1.29, 1.82) is 0 Å². The zero-order valence-corrected chi connectivity index (χ0v) is 20.0. The monoisotopic (exact) mass is 488 g/mol. The van der Waals surface area contributed by atoms with Crippen molar-refractivity contribution < 1.29 is 23.9 Å². The summed E-state index contributed by atoms with van der Waals surface area (Å²) in [4.78, 5) is 43.0. The topological polar surface area (TPSA) is 97.5 Å². The molecule has 0 saturated carbocycles. The maximum atomic E-state index is 13.2. The maximum Gasteiger partial charge on any atom is 0.341 e. The largest absolute Gasteiger partial charge is 0.497 e. The summed E-state index contributed by atoms with van der Waals surface area (Å²) >= 11 is 1.41. The Labute approximate surface area is 206 Å². The molecule has 0 saturated heterocycles. The van der Waals surface area contributed by atoms with Crippen LogP contribution < -0.4 is 10.1 Å². The van der Waals surface area contributed by atoms with E-state index in [4.69, 9.17) is 9.47 Å². The van der Waals surface area contributed by atoms with Gasteiger partial charge in [0.05, 0.1) is 12.7 Å². The average molecular weight is 489 g/mol. The third kappa shape index (κ3) is 4.57. The van der Waals surface area contributed by atoms with Crippen LogP contribution in [0.3, 0.4) is 0 Å². The molecule has 178 valence electrons. The summed E-state index contributed by atoms with van der Waals surface area (Å²) in [7, 11) is 1.56. The van der Waals surface area contributed by atoms with Crippen molar-refractivity contribution in [1.82, 2.24) is 4.98 Å². The van der Waals surface area contributed by atoms with E-state index in [1.54, 1.807) is 37.6 Å². The molecule has 4 aromatic rings. The Bertz CT molecular complexity index is 1420. The Balaban J connectivity index is 1.36. The number of amides is 1. The lowest BCUT2D eigenvalue weighted by Crippen LogP contribution is -2.18. The fourth-order valence-electron chi connectivity index (χ4n) is 4.37. The molecule has 35 heavy (non-hydrogen) atoms. The lowest BCUT2D eigenvalue weighted by Gasteiger charge is -2.13. The van der Waals surface area contributed by atoms with Crippen molar-refractivity contribution in [3.63, 3.8) is 0 Å². The number of H-pyrrole nitrogens is 1. The summed E-state index contributed by atoms with van der Waals surface area (Å²) in [6.45, 7) is -0.378. The number of hydrogen-bond donors (Lipinski definition) is 2. The number of thiophene rings is 1. The van der Waals surface area contributed by atoms with E-state index in [0.717, 1.165) is 47.0 Å². The highest BCUT2D eigenvalue weighted by Gasteiger charge is 2.28. The summed E-state index contributed by atoms with van der Waals surface area (Å²) in [5.74, 6) is -0.557. The predicted molar refractivity (Wildman–Crippen MR) is 135 cm³/mol. The van der Waals surface area contributed by atoms with Crippen LogP contribution >= 0.6 is 11.3 Å². The first-order valence-corrected chi connectivity index (χ1v) is 12.2. The molecule has 0 spiro atoms. The molecule has 1 aliphatic carbocycles. The Hall–Kier alpha value is -3.91. The first kappa shape index (κ1) is 22.9. The highest BCUT2D eigenvalue weighted by Crippen LogP contribution is 2.39. The van der Waals surface area contributed by atoms with E-state index in [1.807, 2.05) is 24.3 Å². The number of ketones is 1. The highest BCUT2D eigenvalue weighted by molar-refractivity contribution is 7.17. The molecular weight excluding hydrogens is 464 g/mol. The number of benzene rings is 2. The van der Waals surface area contributed by atoms with Crippen LogP contribution in [0.4, 0.5) is 5.00 Å². The summed E-state index contributed by atoms with van der Waals surface area (Å²) in [6, 6.07) is 14.2. The van der Waals surface area contributed by atoms with Crippen LogP contribution in [0.2, 0.25) is 0 Å². The number of aromatic nitrogens is 1. The van der Waals surface area contributed by atoms with E-state index in [0.29, 0.717) is 27.4 Å². The number of carbonyl (C=O) groups excluding carboxylic acids is 3. The summed E-state index contributed by atoms with van der Waals surface area (Å²) in [5.41, 5.74) is 3.05. The number of carbonyl (C=O) groups is 3. The lowest BCUT2D eigenvalue weighted by atomic mass is 9.95. The third-order valence-electron chi connectivity index (χ3n) is 6.18. The molecule has 7 nitrogen and oxygen atoms in total. The number of ether oxygens (including phenoxy) is 2. The molecular formula is C27H24N2O5S. The molecule has 2 aromatic heterocycles. The molecule has 0 atom stereocenters. The first-order chi connectivity index (χ1) is 17.0. The quantitative estimate of drug-likeness (QED) is 0.268. The number of Topliss-reactive ketones (excluding diaryl/α,β-unsaturated/α-hetero) is 1. The van der Waals surface area contributed by atoms with Gasteiger partial charge < -0.3 is 19.8 Å². The standard InChI is InChI=1S/C27H24N2O5S/c1-33-17-12-10-16(11-13-17)25(31)29-26-24(19-7-3-5-9-23(19)35-26)27(32)34-15-22(30)20-14-28-21-8-4-2-6-18(20)21/h2,4,6,8,10-14,28H,3,5,7,9,15H2,1H3,(H,29,31). The Kier molecular flexibility index (Phi) is 6.37. The maximum absolute atomic E-state index is 13.2. The second kappa shape index (κ2) is 9.76. The van der Waals surface area contributed by atoms with Gasteiger partial charge in [0, 0.05) is 33.1 Å². The van der Waals surface area contributed by atoms with Gasteiger partial charge in [-0.1, -0.05) is 18.2 Å². The molecule has 8 heteroatoms. The van der Waals surface area contributed by atoms with Gasteiger partial charge in [-0.05, 0) is 61.6 Å². The second-order valence-electron chi connectivity index (χ2n) is 8.34. The van der Waals surface area contributed by atoms with Crippen molar-refractivity contribution in [2.75, 3.05) is 19.0 Å². The van der Waals surface area contributed by atoms with E-state index in [2.05, 4.69) is 10.3 Å². The Morgan fingerprint density at radius 1 is 1.03 bits per heavy atom. The smallest absolute Gasteiger partial charge is 0.341 e. The zero-order valence-electron chi connectivity index (χ0n) is 19.2. The SMILES string of the molecule is COc1ccc(C(=O)Nc2sc3c(c2C(=O)OCC(=O)c2c[nH]c4ccccc24)CCCC3)cc1. The molecule has 0 aliphatic heterocycles. The van der Waals surface area contributed by atoms with Crippen molar-refractivity contribution in [3.05, 3.63) is 81.9 Å². The van der Waals surface area contributed by atoms with Crippen LogP contribution in [0, 0.1) is 0 Å². The van der Waals surface area contributed by atoms with Crippen LogP contribution in [0.5, 0.6) is 5.75 Å². The normalized spacial score (nSPS) is 12.7. The highest BCUT2D eigenvalue weighted by atomic mass is 32.1. The van der Waals surface area contributed by atoms with Gasteiger partial charge in [0.25, 0.3) is 5.91 Å². The number of fused-ring (bicyclic) bond motifs is 2. The molecule has 2 N–H and O–H groups in total. The predicted octanol–water partition coefficient (Wildman–Crippen LogP) is 5.41. The number of esters is 1. The van der Waals surface area contributed by atoms with Crippen LogP contribution in [0.15, 0.2) is 54.7 Å². The Morgan fingerprint density at radius 3 is 2.60 bits per heavy atom. The van der Waals surface area contributed by atoms with E-state index < -0.39 is 5.97 Å². The number of nitrogens with one attached hydrogen (secondary N) is 2. The minimum absolute atomic E-state index is 0.288. The third-order valence-corrected chi connectivity index (χ3v) is 7.39. The van der Waals surface area contributed by atoms with Gasteiger partial charge in [0.15, 0.2) is 6.61 Å². The molecule has 1 aliphatic rings. The number of anilines is 1. The molecule has 0 radical (unpaired) electrons. The number of hydrogen-bond acceptors (Lipinski definition) is 6. The Morgan fingerprint density at radius 2 is 1.80 bits per heavy atom. The van der Waals surface area contributed by atoms with Crippen molar-refractivity contribution in [3.8, 4) is 5.75 Å². The van der Waals surface area contributed by atoms with E-state index in [-0.39, 0.29) is 18.3 Å². The van der Waals surface area contributed by atoms with Crippen molar-refractivity contribution in [2.24, 2.45) is 0 Å². The average Bonchev–Trinajstić information content (AvgIpc) is 3.48. The molecule has 2 aromatic carbocycles. The van der Waals surface area contributed by atoms with Crippen molar-refractivity contribution in [2.45, 2.75) is 25.7 Å². The fraction of sp³-hybridized carbons (Fsp3) is 0.222. The van der Waals surface area contributed by atoms with Crippen molar-refractivity contribution >= 4 is 44.9 Å². The lowest BCUT2D eigenvalue weighted by molar-refractivity contribution is 0.0475. The second-order valence-corrected chi connectivity index (χ2v) is 9.45. The van der Waals surface area contributed by atoms with Gasteiger partial charge in [-0.3, -0.25) is 9.59 Å². The minimum Gasteiger partial charge on any atom is -0.497 e. The van der Waals surface area contributed by atoms with Crippen LogP contribution in [0.25, 0.3) is 10.9 Å². The number of aryl methyl sites for hydroxylation is 1.